The van der Waals surface area contributed by atoms with Gasteiger partial charge < -0.3 is 9.67 Å². The van der Waals surface area contributed by atoms with Crippen molar-refractivity contribution in [2.45, 2.75) is 24.5 Å². The molecule has 0 aliphatic carbocycles. The van der Waals surface area contributed by atoms with E-state index in [0.717, 1.165) is 39.5 Å². The van der Waals surface area contributed by atoms with Gasteiger partial charge in [0, 0.05) is 21.8 Å². The Bertz CT molecular complexity index is 1540. The van der Waals surface area contributed by atoms with Crippen LogP contribution >= 0.6 is 0 Å². The minimum absolute atomic E-state index is 0.0384. The molecule has 0 bridgehead atoms. The fourth-order valence-electron chi connectivity index (χ4n) is 4.45. The van der Waals surface area contributed by atoms with Gasteiger partial charge in [0.25, 0.3) is 10.0 Å². The molecule has 0 unspecified atom stereocenters. The molecule has 0 saturated heterocycles. The molecule has 1 atom stereocenters. The SMILES string of the molecule is Cc1ccc(N(C[C@@H](O)Cn2c3ccccc3c3ccccc32)S(=O)(=O)c2ccc(F)cc2)cc1. The van der Waals surface area contributed by atoms with Gasteiger partial charge in [-0.3, -0.25) is 4.31 Å². The second kappa shape index (κ2) is 9.17. The lowest BCUT2D eigenvalue weighted by Gasteiger charge is -2.27. The topological polar surface area (TPSA) is 62.5 Å². The molecule has 1 N–H and O–H groups in total. The molecule has 178 valence electrons. The second-order valence-corrected chi connectivity index (χ2v) is 10.5. The zero-order valence-electron chi connectivity index (χ0n) is 19.2. The first-order valence-corrected chi connectivity index (χ1v) is 12.8. The van der Waals surface area contributed by atoms with Crippen LogP contribution < -0.4 is 4.31 Å². The van der Waals surface area contributed by atoms with Gasteiger partial charge in [-0.25, -0.2) is 12.8 Å². The predicted molar refractivity (Wildman–Crippen MR) is 138 cm³/mol. The molecule has 5 aromatic rings. The van der Waals surface area contributed by atoms with Crippen LogP contribution in [0.15, 0.2) is 102 Å². The van der Waals surface area contributed by atoms with E-state index in [2.05, 4.69) is 0 Å². The highest BCUT2D eigenvalue weighted by Gasteiger charge is 2.28. The summed E-state index contributed by atoms with van der Waals surface area (Å²) in [6.07, 6.45) is -1.01. The maximum atomic E-state index is 13.6. The molecular weight excluding hydrogens is 463 g/mol. The van der Waals surface area contributed by atoms with Crippen LogP contribution in [-0.4, -0.2) is 30.7 Å². The summed E-state index contributed by atoms with van der Waals surface area (Å²) in [4.78, 5) is -0.0384. The monoisotopic (exact) mass is 488 g/mol. The zero-order valence-corrected chi connectivity index (χ0v) is 20.0. The Labute approximate surface area is 203 Å². The van der Waals surface area contributed by atoms with E-state index in [4.69, 9.17) is 0 Å². The Morgan fingerprint density at radius 1 is 0.829 bits per heavy atom. The van der Waals surface area contributed by atoms with E-state index in [-0.39, 0.29) is 18.0 Å². The van der Waals surface area contributed by atoms with Crippen LogP contribution in [0.3, 0.4) is 0 Å². The van der Waals surface area contributed by atoms with E-state index in [1.165, 1.54) is 16.4 Å². The summed E-state index contributed by atoms with van der Waals surface area (Å²) in [5, 5.41) is 13.3. The Hall–Kier alpha value is -3.68. The van der Waals surface area contributed by atoms with E-state index in [1.807, 2.05) is 72.2 Å². The van der Waals surface area contributed by atoms with Gasteiger partial charge >= 0.3 is 0 Å². The highest BCUT2D eigenvalue weighted by Crippen LogP contribution is 2.30. The molecule has 1 heterocycles. The smallest absolute Gasteiger partial charge is 0.264 e. The molecule has 35 heavy (non-hydrogen) atoms. The van der Waals surface area contributed by atoms with Crippen molar-refractivity contribution in [1.29, 1.82) is 0 Å². The number of sulfonamides is 1. The number of aromatic nitrogens is 1. The zero-order chi connectivity index (χ0) is 24.6. The molecule has 0 aliphatic heterocycles. The molecule has 0 saturated carbocycles. The van der Waals surface area contributed by atoms with Gasteiger partial charge in [0.1, 0.15) is 5.82 Å². The number of benzene rings is 4. The van der Waals surface area contributed by atoms with Crippen molar-refractivity contribution in [2.75, 3.05) is 10.8 Å². The average molecular weight is 489 g/mol. The summed E-state index contributed by atoms with van der Waals surface area (Å²) in [6, 6.07) is 27.7. The lowest BCUT2D eigenvalue weighted by molar-refractivity contribution is 0.166. The van der Waals surface area contributed by atoms with Crippen LogP contribution in [0.1, 0.15) is 5.56 Å². The second-order valence-electron chi connectivity index (χ2n) is 8.62. The first-order chi connectivity index (χ1) is 16.8. The molecule has 0 aliphatic rings. The van der Waals surface area contributed by atoms with Crippen molar-refractivity contribution < 1.29 is 17.9 Å². The van der Waals surface area contributed by atoms with Crippen molar-refractivity contribution in [3.8, 4) is 0 Å². The number of hydrogen-bond donors (Lipinski definition) is 1. The van der Waals surface area contributed by atoms with Gasteiger partial charge in [0.2, 0.25) is 0 Å². The number of aryl methyl sites for hydroxylation is 1. The van der Waals surface area contributed by atoms with Crippen LogP contribution in [0.5, 0.6) is 0 Å². The predicted octanol–water partition coefficient (Wildman–Crippen LogP) is 5.50. The fourth-order valence-corrected chi connectivity index (χ4v) is 5.95. The van der Waals surface area contributed by atoms with E-state index in [9.17, 15) is 17.9 Å². The minimum atomic E-state index is -4.05. The fraction of sp³-hybridized carbons (Fsp3) is 0.143. The first-order valence-electron chi connectivity index (χ1n) is 11.3. The molecular formula is C28H25FN2O3S. The number of hydrogen-bond acceptors (Lipinski definition) is 3. The average Bonchev–Trinajstić information content (AvgIpc) is 3.17. The summed E-state index contributed by atoms with van der Waals surface area (Å²) in [6.45, 7) is 1.96. The van der Waals surface area contributed by atoms with Crippen LogP contribution in [0.4, 0.5) is 10.1 Å². The molecule has 4 aromatic carbocycles. The highest BCUT2D eigenvalue weighted by atomic mass is 32.2. The van der Waals surface area contributed by atoms with Gasteiger partial charge in [-0.05, 0) is 55.5 Å². The lowest BCUT2D eigenvalue weighted by atomic mass is 10.2. The number of anilines is 1. The molecule has 0 amide bonds. The quantitative estimate of drug-likeness (QED) is 0.329. The van der Waals surface area contributed by atoms with E-state index >= 15 is 0 Å². The molecule has 1 aromatic heterocycles. The third kappa shape index (κ3) is 4.40. The first kappa shape index (κ1) is 23.1. The number of aliphatic hydroxyl groups is 1. The van der Waals surface area contributed by atoms with Crippen LogP contribution in [0, 0.1) is 12.7 Å². The van der Waals surface area contributed by atoms with Crippen molar-refractivity contribution in [3.05, 3.63) is 108 Å². The summed E-state index contributed by atoms with van der Waals surface area (Å²) in [5.74, 6) is -0.516. The minimum Gasteiger partial charge on any atom is -0.389 e. The number of fused-ring (bicyclic) bond motifs is 3. The third-order valence-electron chi connectivity index (χ3n) is 6.17. The van der Waals surface area contributed by atoms with Crippen LogP contribution in [0.25, 0.3) is 21.8 Å². The number of aliphatic hydroxyl groups excluding tert-OH is 1. The van der Waals surface area contributed by atoms with Crippen molar-refractivity contribution in [1.82, 2.24) is 4.57 Å². The Morgan fingerprint density at radius 3 is 1.94 bits per heavy atom. The number of nitrogens with zero attached hydrogens (tertiary/aromatic N) is 2. The third-order valence-corrected chi connectivity index (χ3v) is 7.98. The Kier molecular flexibility index (Phi) is 6.05. The van der Waals surface area contributed by atoms with Crippen molar-refractivity contribution >= 4 is 37.5 Å². The Balaban J connectivity index is 1.53. The van der Waals surface area contributed by atoms with Crippen molar-refractivity contribution in [3.63, 3.8) is 0 Å². The normalized spacial score (nSPS) is 12.8. The van der Waals surface area contributed by atoms with Crippen LogP contribution in [-0.2, 0) is 16.6 Å². The number of rotatable bonds is 7. The molecule has 5 rings (SSSR count). The summed E-state index contributed by atoms with van der Waals surface area (Å²) in [7, 11) is -4.05. The number of halogens is 1. The molecule has 0 radical (unpaired) electrons. The maximum Gasteiger partial charge on any atom is 0.264 e. The van der Waals surface area contributed by atoms with Crippen LogP contribution in [0.2, 0.25) is 0 Å². The highest BCUT2D eigenvalue weighted by molar-refractivity contribution is 7.92. The van der Waals surface area contributed by atoms with Gasteiger partial charge in [-0.15, -0.1) is 0 Å². The van der Waals surface area contributed by atoms with Gasteiger partial charge in [-0.2, -0.15) is 0 Å². The van der Waals surface area contributed by atoms with Gasteiger partial charge in [0.15, 0.2) is 0 Å². The van der Waals surface area contributed by atoms with Crippen molar-refractivity contribution in [2.24, 2.45) is 0 Å². The molecule has 0 fully saturated rings. The summed E-state index contributed by atoms with van der Waals surface area (Å²) < 4.78 is 43.8. The maximum absolute atomic E-state index is 13.6. The molecule has 5 nitrogen and oxygen atoms in total. The van der Waals surface area contributed by atoms with E-state index in [1.54, 1.807) is 12.1 Å². The largest absolute Gasteiger partial charge is 0.389 e. The Morgan fingerprint density at radius 2 is 1.37 bits per heavy atom. The molecule has 7 heteroatoms. The van der Waals surface area contributed by atoms with Gasteiger partial charge in [0.05, 0.1) is 29.8 Å². The van der Waals surface area contributed by atoms with Gasteiger partial charge in [-0.1, -0.05) is 54.1 Å². The standard InChI is InChI=1S/C28H25FN2O3S/c1-20-10-14-22(15-11-20)31(35(33,34)24-16-12-21(29)13-17-24)19-23(32)18-30-27-8-4-2-6-25(27)26-7-3-5-9-28(26)30/h2-17,23,32H,18-19H2,1H3/t23-/m0/s1. The molecule has 0 spiro atoms. The summed E-state index contributed by atoms with van der Waals surface area (Å²) in [5.41, 5.74) is 3.35. The van der Waals surface area contributed by atoms with E-state index < -0.39 is 21.9 Å². The van der Waals surface area contributed by atoms with E-state index in [0.29, 0.717) is 5.69 Å². The summed E-state index contributed by atoms with van der Waals surface area (Å²) >= 11 is 0. The number of para-hydroxylation sites is 2. The lowest BCUT2D eigenvalue weighted by Crippen LogP contribution is -2.39.